The van der Waals surface area contributed by atoms with Gasteiger partial charge in [0.2, 0.25) is 0 Å². The summed E-state index contributed by atoms with van der Waals surface area (Å²) in [5.41, 5.74) is 0. The number of halogens is 3. The van der Waals surface area contributed by atoms with Crippen LogP contribution in [0.2, 0.25) is 0 Å². The summed E-state index contributed by atoms with van der Waals surface area (Å²) in [7, 11) is 0. The molecule has 0 amide bonds. The zero-order valence-electron chi connectivity index (χ0n) is 9.26. The second kappa shape index (κ2) is 6.09. The van der Waals surface area contributed by atoms with E-state index in [2.05, 4.69) is 0 Å². The molecule has 92 valence electrons. The molecule has 0 saturated heterocycles. The van der Waals surface area contributed by atoms with Crippen molar-refractivity contribution < 1.29 is 13.2 Å². The molecule has 1 saturated carbocycles. The Bertz CT molecular complexity index is 239. The predicted octanol–water partition coefficient (Wildman–Crippen LogP) is 3.10. The van der Waals surface area contributed by atoms with E-state index >= 15 is 0 Å². The van der Waals surface area contributed by atoms with Gasteiger partial charge in [0.15, 0.2) is 0 Å². The van der Waals surface area contributed by atoms with Gasteiger partial charge in [0.25, 0.3) is 0 Å². The van der Waals surface area contributed by atoms with E-state index in [0.717, 1.165) is 25.7 Å². The minimum absolute atomic E-state index is 0.0989. The number of alkyl halides is 3. The van der Waals surface area contributed by atoms with Crippen LogP contribution in [0.3, 0.4) is 0 Å². The van der Waals surface area contributed by atoms with Crippen molar-refractivity contribution in [2.24, 2.45) is 0 Å². The summed E-state index contributed by atoms with van der Waals surface area (Å²) in [6.45, 7) is 0.639. The van der Waals surface area contributed by atoms with E-state index < -0.39 is 12.6 Å². The Hall–Kier alpha value is -0.760. The van der Waals surface area contributed by atoms with Crippen LogP contribution in [-0.4, -0.2) is 30.2 Å². The molecule has 0 aromatic heterocycles. The second-order valence-electron chi connectivity index (χ2n) is 4.29. The van der Waals surface area contributed by atoms with Crippen molar-refractivity contribution in [1.29, 1.82) is 5.26 Å². The smallest absolute Gasteiger partial charge is 0.288 e. The van der Waals surface area contributed by atoms with Crippen LogP contribution in [0.15, 0.2) is 0 Å². The third-order valence-electron chi connectivity index (χ3n) is 3.02. The van der Waals surface area contributed by atoms with Gasteiger partial charge >= 0.3 is 6.18 Å². The van der Waals surface area contributed by atoms with Crippen molar-refractivity contribution in [1.82, 2.24) is 4.90 Å². The number of rotatable bonds is 5. The van der Waals surface area contributed by atoms with Crippen LogP contribution in [0.25, 0.3) is 0 Å². The summed E-state index contributed by atoms with van der Waals surface area (Å²) < 4.78 is 36.0. The number of hydrogen-bond donors (Lipinski definition) is 0. The average molecular weight is 234 g/mol. The molecule has 5 heteroatoms. The molecule has 0 radical (unpaired) electrons. The van der Waals surface area contributed by atoms with Gasteiger partial charge < -0.3 is 0 Å². The van der Waals surface area contributed by atoms with Crippen LogP contribution in [0, 0.1) is 11.3 Å². The highest BCUT2D eigenvalue weighted by Crippen LogP contribution is 2.25. The molecule has 0 atom stereocenters. The monoisotopic (exact) mass is 234 g/mol. The SMILES string of the molecule is N#CCN(CCCC(F)(F)F)C1CCCC1. The van der Waals surface area contributed by atoms with Gasteiger partial charge in [0, 0.05) is 12.5 Å². The number of nitrogens with zero attached hydrogens (tertiary/aromatic N) is 2. The summed E-state index contributed by atoms with van der Waals surface area (Å²) in [5.74, 6) is 0. The third-order valence-corrected chi connectivity index (χ3v) is 3.02. The molecule has 0 unspecified atom stereocenters. The second-order valence-corrected chi connectivity index (χ2v) is 4.29. The quantitative estimate of drug-likeness (QED) is 0.683. The predicted molar refractivity (Wildman–Crippen MR) is 54.7 cm³/mol. The lowest BCUT2D eigenvalue weighted by molar-refractivity contribution is -0.136. The van der Waals surface area contributed by atoms with E-state index in [1.807, 2.05) is 11.0 Å². The fourth-order valence-electron chi connectivity index (χ4n) is 2.23. The zero-order valence-corrected chi connectivity index (χ0v) is 9.26. The molecule has 0 spiro atoms. The van der Waals surface area contributed by atoms with Crippen LogP contribution >= 0.6 is 0 Å². The van der Waals surface area contributed by atoms with Crippen molar-refractivity contribution in [3.8, 4) is 6.07 Å². The van der Waals surface area contributed by atoms with Crippen molar-refractivity contribution in [2.45, 2.75) is 50.7 Å². The summed E-state index contributed by atoms with van der Waals surface area (Å²) in [6, 6.07) is 2.36. The first kappa shape index (κ1) is 13.3. The van der Waals surface area contributed by atoms with Gasteiger partial charge in [-0.2, -0.15) is 18.4 Å². The standard InChI is InChI=1S/C11H17F3N2/c12-11(13,14)6-3-8-16(9-7-15)10-4-1-2-5-10/h10H,1-6,8-9H2. The maximum absolute atomic E-state index is 12.0. The lowest BCUT2D eigenvalue weighted by Crippen LogP contribution is -2.35. The average Bonchev–Trinajstić information content (AvgIpc) is 2.67. The Morgan fingerprint density at radius 3 is 2.38 bits per heavy atom. The van der Waals surface area contributed by atoms with Crippen LogP contribution in [0.1, 0.15) is 38.5 Å². The van der Waals surface area contributed by atoms with Crippen LogP contribution in [-0.2, 0) is 0 Å². The summed E-state index contributed by atoms with van der Waals surface area (Å²) >= 11 is 0. The largest absolute Gasteiger partial charge is 0.389 e. The van der Waals surface area contributed by atoms with Gasteiger partial charge in [-0.1, -0.05) is 12.8 Å². The molecule has 1 aliphatic carbocycles. The van der Waals surface area contributed by atoms with E-state index in [-0.39, 0.29) is 13.0 Å². The molecule has 1 fully saturated rings. The van der Waals surface area contributed by atoms with Crippen LogP contribution in [0.5, 0.6) is 0 Å². The molecule has 16 heavy (non-hydrogen) atoms. The van der Waals surface area contributed by atoms with Crippen molar-refractivity contribution in [3.05, 3.63) is 0 Å². The van der Waals surface area contributed by atoms with E-state index in [0.29, 0.717) is 12.6 Å². The van der Waals surface area contributed by atoms with Crippen LogP contribution < -0.4 is 0 Å². The van der Waals surface area contributed by atoms with Gasteiger partial charge in [-0.05, 0) is 25.8 Å². The zero-order chi connectivity index (χ0) is 12.0. The van der Waals surface area contributed by atoms with Crippen molar-refractivity contribution >= 4 is 0 Å². The highest BCUT2D eigenvalue weighted by atomic mass is 19.4. The molecule has 1 aliphatic rings. The lowest BCUT2D eigenvalue weighted by atomic mass is 10.2. The fourth-order valence-corrected chi connectivity index (χ4v) is 2.23. The highest BCUT2D eigenvalue weighted by Gasteiger charge is 2.28. The Morgan fingerprint density at radius 2 is 1.88 bits per heavy atom. The van der Waals surface area contributed by atoms with Gasteiger partial charge in [0.1, 0.15) is 0 Å². The Morgan fingerprint density at radius 1 is 1.25 bits per heavy atom. The van der Waals surface area contributed by atoms with Crippen LogP contribution in [0.4, 0.5) is 13.2 Å². The Balaban J connectivity index is 2.31. The molecule has 0 N–H and O–H groups in total. The van der Waals surface area contributed by atoms with E-state index in [1.165, 1.54) is 0 Å². The molecular weight excluding hydrogens is 217 g/mol. The first-order chi connectivity index (χ1) is 7.53. The van der Waals surface area contributed by atoms with Crippen molar-refractivity contribution in [2.75, 3.05) is 13.1 Å². The normalized spacial score (nSPS) is 17.9. The van der Waals surface area contributed by atoms with E-state index in [1.54, 1.807) is 0 Å². The molecule has 0 heterocycles. The molecular formula is C11H17F3N2. The maximum atomic E-state index is 12.0. The van der Waals surface area contributed by atoms with E-state index in [4.69, 9.17) is 5.26 Å². The topological polar surface area (TPSA) is 27.0 Å². The highest BCUT2D eigenvalue weighted by molar-refractivity contribution is 4.84. The summed E-state index contributed by atoms with van der Waals surface area (Å²) in [5, 5.41) is 8.64. The summed E-state index contributed by atoms with van der Waals surface area (Å²) in [4.78, 5) is 1.90. The number of hydrogen-bond acceptors (Lipinski definition) is 2. The minimum atomic E-state index is -4.08. The Labute approximate surface area is 94.0 Å². The first-order valence-corrected chi connectivity index (χ1v) is 5.70. The Kier molecular flexibility index (Phi) is 5.07. The third kappa shape index (κ3) is 4.84. The fraction of sp³-hybridized carbons (Fsp3) is 0.909. The molecule has 0 aromatic carbocycles. The van der Waals surface area contributed by atoms with Gasteiger partial charge in [-0.3, -0.25) is 4.90 Å². The molecule has 0 aromatic rings. The molecule has 1 rings (SSSR count). The van der Waals surface area contributed by atoms with Gasteiger partial charge in [-0.25, -0.2) is 0 Å². The maximum Gasteiger partial charge on any atom is 0.389 e. The summed E-state index contributed by atoms with van der Waals surface area (Å²) in [6.07, 6.45) is -0.420. The first-order valence-electron chi connectivity index (χ1n) is 5.70. The van der Waals surface area contributed by atoms with Gasteiger partial charge in [-0.15, -0.1) is 0 Å². The van der Waals surface area contributed by atoms with E-state index in [9.17, 15) is 13.2 Å². The van der Waals surface area contributed by atoms with Crippen molar-refractivity contribution in [3.63, 3.8) is 0 Å². The minimum Gasteiger partial charge on any atom is -0.288 e. The molecule has 2 nitrogen and oxygen atoms in total. The van der Waals surface area contributed by atoms with Gasteiger partial charge in [0.05, 0.1) is 12.6 Å². The molecule has 0 bridgehead atoms. The number of nitriles is 1. The lowest BCUT2D eigenvalue weighted by Gasteiger charge is -2.26. The molecule has 0 aliphatic heterocycles.